The molecule has 7 nitrogen and oxygen atoms in total. The molecule has 0 amide bonds. The maximum absolute atomic E-state index is 12.2. The average molecular weight is 359 g/mol. The molecule has 2 aromatic carbocycles. The Hall–Kier alpha value is -2.90. The molecule has 0 atom stereocenters. The van der Waals surface area contributed by atoms with Crippen LogP contribution < -0.4 is 11.4 Å². The molecule has 1 heterocycles. The molecular weight excluding hydrogens is 344 g/mol. The van der Waals surface area contributed by atoms with Crippen LogP contribution in [-0.4, -0.2) is 27.8 Å². The van der Waals surface area contributed by atoms with Crippen LogP contribution in [0.1, 0.15) is 15.9 Å². The number of methoxy groups -OCH3 is 1. The highest BCUT2D eigenvalue weighted by Crippen LogP contribution is 2.26. The maximum atomic E-state index is 12.2. The summed E-state index contributed by atoms with van der Waals surface area (Å²) in [6.45, 7) is 0.351. The zero-order chi connectivity index (χ0) is 18.0. The second-order valence-corrected chi connectivity index (χ2v) is 5.65. The van der Waals surface area contributed by atoms with Gasteiger partial charge in [0.25, 0.3) is 0 Å². The molecule has 3 N–H and O–H groups in total. The van der Waals surface area contributed by atoms with Crippen molar-refractivity contribution in [2.75, 3.05) is 7.11 Å². The number of esters is 1. The first kappa shape index (κ1) is 16.9. The highest BCUT2D eigenvalue weighted by molar-refractivity contribution is 6.33. The van der Waals surface area contributed by atoms with E-state index in [1.807, 2.05) is 6.07 Å². The molecule has 0 aliphatic rings. The predicted molar refractivity (Wildman–Crippen MR) is 93.9 cm³/mol. The van der Waals surface area contributed by atoms with Crippen LogP contribution in [0.5, 0.6) is 0 Å². The number of carbonyl (C=O) groups excluding carboxylic acids is 1. The number of aromatic nitrogens is 3. The Morgan fingerprint density at radius 2 is 2.00 bits per heavy atom. The van der Waals surface area contributed by atoms with E-state index in [9.17, 15) is 9.59 Å². The standard InChI is InChI=1S/C17H15ClN4O3/c1-25-16(23)11-3-5-12(6-4-11)22-17(24)20-15(21-22)13-8-10(9-19)2-7-14(13)18/h2-8H,9,19H2,1H3,(H,20,21,24). The molecule has 0 aliphatic heterocycles. The van der Waals surface area contributed by atoms with Crippen LogP contribution in [0.3, 0.4) is 0 Å². The van der Waals surface area contributed by atoms with E-state index in [1.54, 1.807) is 36.4 Å². The van der Waals surface area contributed by atoms with Gasteiger partial charge >= 0.3 is 11.7 Å². The number of benzene rings is 2. The number of hydrogen-bond donors (Lipinski definition) is 2. The summed E-state index contributed by atoms with van der Waals surface area (Å²) < 4.78 is 5.84. The first-order chi connectivity index (χ1) is 12.0. The molecule has 0 fully saturated rings. The molecule has 3 rings (SSSR count). The molecule has 3 aromatic rings. The minimum atomic E-state index is -0.452. The molecule has 0 bridgehead atoms. The van der Waals surface area contributed by atoms with Gasteiger partial charge in [0.15, 0.2) is 5.82 Å². The highest BCUT2D eigenvalue weighted by atomic mass is 35.5. The molecule has 128 valence electrons. The quantitative estimate of drug-likeness (QED) is 0.695. The van der Waals surface area contributed by atoms with Gasteiger partial charge in [0.1, 0.15) is 0 Å². The van der Waals surface area contributed by atoms with Gasteiger partial charge in [-0.05, 0) is 42.0 Å². The smallest absolute Gasteiger partial charge is 0.348 e. The Balaban J connectivity index is 2.01. The number of ether oxygens (including phenoxy) is 1. The predicted octanol–water partition coefficient (Wildman–Crippen LogP) is 2.13. The lowest BCUT2D eigenvalue weighted by Crippen LogP contribution is -2.16. The molecule has 0 unspecified atom stereocenters. The molecule has 8 heteroatoms. The third-order valence-corrected chi connectivity index (χ3v) is 4.00. The number of carbonyl (C=O) groups is 1. The zero-order valence-corrected chi connectivity index (χ0v) is 14.1. The van der Waals surface area contributed by atoms with Crippen LogP contribution in [-0.2, 0) is 11.3 Å². The van der Waals surface area contributed by atoms with Crippen LogP contribution in [0, 0.1) is 0 Å². The summed E-state index contributed by atoms with van der Waals surface area (Å²) in [6, 6.07) is 11.6. The number of H-pyrrole nitrogens is 1. The van der Waals surface area contributed by atoms with Gasteiger partial charge in [-0.2, -0.15) is 4.68 Å². The number of hydrogen-bond acceptors (Lipinski definition) is 5. The fraction of sp³-hybridized carbons (Fsp3) is 0.118. The summed E-state index contributed by atoms with van der Waals surface area (Å²) >= 11 is 6.20. The van der Waals surface area contributed by atoms with Crippen molar-refractivity contribution < 1.29 is 9.53 Å². The van der Waals surface area contributed by atoms with Gasteiger partial charge in [-0.15, -0.1) is 5.10 Å². The van der Waals surface area contributed by atoms with E-state index in [4.69, 9.17) is 17.3 Å². The van der Waals surface area contributed by atoms with E-state index in [0.717, 1.165) is 5.56 Å². The number of aromatic amines is 1. The first-order valence-electron chi connectivity index (χ1n) is 7.40. The van der Waals surface area contributed by atoms with Crippen LogP contribution in [0.2, 0.25) is 5.02 Å². The zero-order valence-electron chi connectivity index (χ0n) is 13.3. The Labute approximate surface area is 148 Å². The van der Waals surface area contributed by atoms with Crippen molar-refractivity contribution >= 4 is 17.6 Å². The molecule has 0 radical (unpaired) electrons. The normalized spacial score (nSPS) is 10.7. The number of nitrogens with zero attached hydrogens (tertiary/aromatic N) is 2. The van der Waals surface area contributed by atoms with Crippen LogP contribution in [0.25, 0.3) is 17.1 Å². The maximum Gasteiger partial charge on any atom is 0.348 e. The number of nitrogens with one attached hydrogen (secondary N) is 1. The van der Waals surface area contributed by atoms with Crippen molar-refractivity contribution in [2.45, 2.75) is 6.54 Å². The van der Waals surface area contributed by atoms with E-state index in [2.05, 4.69) is 14.8 Å². The molecule has 0 aliphatic carbocycles. The second-order valence-electron chi connectivity index (χ2n) is 5.25. The Morgan fingerprint density at radius 1 is 1.28 bits per heavy atom. The fourth-order valence-corrected chi connectivity index (χ4v) is 2.57. The molecule has 0 saturated carbocycles. The fourth-order valence-electron chi connectivity index (χ4n) is 2.36. The van der Waals surface area contributed by atoms with E-state index >= 15 is 0 Å². The number of rotatable bonds is 4. The van der Waals surface area contributed by atoms with Crippen LogP contribution in [0.15, 0.2) is 47.3 Å². The Bertz CT molecular complexity index is 976. The lowest BCUT2D eigenvalue weighted by molar-refractivity contribution is 0.0600. The van der Waals surface area contributed by atoms with Crippen molar-refractivity contribution in [2.24, 2.45) is 5.73 Å². The number of halogens is 1. The average Bonchev–Trinajstić information content (AvgIpc) is 3.03. The second kappa shape index (κ2) is 6.92. The number of nitrogens with two attached hydrogens (primary N) is 1. The third kappa shape index (κ3) is 3.33. The van der Waals surface area contributed by atoms with Gasteiger partial charge in [0.2, 0.25) is 0 Å². The monoisotopic (exact) mass is 358 g/mol. The summed E-state index contributed by atoms with van der Waals surface area (Å²) in [7, 11) is 1.31. The van der Waals surface area contributed by atoms with Crippen molar-refractivity contribution in [3.63, 3.8) is 0 Å². The summed E-state index contributed by atoms with van der Waals surface area (Å²) in [5.74, 6) is -0.116. The van der Waals surface area contributed by atoms with Gasteiger partial charge in [-0.3, -0.25) is 4.98 Å². The molecule has 25 heavy (non-hydrogen) atoms. The van der Waals surface area contributed by atoms with Crippen molar-refractivity contribution in [1.82, 2.24) is 14.8 Å². The molecule has 0 spiro atoms. The minimum Gasteiger partial charge on any atom is -0.465 e. The molecule has 0 saturated heterocycles. The molecular formula is C17H15ClN4O3. The van der Waals surface area contributed by atoms with Crippen LogP contribution >= 0.6 is 11.6 Å². The van der Waals surface area contributed by atoms with Crippen LogP contribution in [0.4, 0.5) is 0 Å². The SMILES string of the molecule is COC(=O)c1ccc(-n2nc(-c3cc(CN)ccc3Cl)[nH]c2=O)cc1. The summed E-state index contributed by atoms with van der Waals surface area (Å²) in [5, 5.41) is 4.75. The lowest BCUT2D eigenvalue weighted by Gasteiger charge is -2.04. The van der Waals surface area contributed by atoms with Gasteiger partial charge in [0, 0.05) is 12.1 Å². The van der Waals surface area contributed by atoms with E-state index in [0.29, 0.717) is 34.2 Å². The van der Waals surface area contributed by atoms with Gasteiger partial charge in [-0.1, -0.05) is 17.7 Å². The van der Waals surface area contributed by atoms with Gasteiger partial charge in [0.05, 0.1) is 23.4 Å². The van der Waals surface area contributed by atoms with Gasteiger partial charge < -0.3 is 10.5 Å². The first-order valence-corrected chi connectivity index (χ1v) is 7.78. The van der Waals surface area contributed by atoms with Crippen molar-refractivity contribution in [3.8, 4) is 17.1 Å². The topological polar surface area (TPSA) is 103 Å². The largest absolute Gasteiger partial charge is 0.465 e. The Morgan fingerprint density at radius 3 is 2.64 bits per heavy atom. The van der Waals surface area contributed by atoms with E-state index in [1.165, 1.54) is 11.8 Å². The van der Waals surface area contributed by atoms with Gasteiger partial charge in [-0.25, -0.2) is 9.59 Å². The lowest BCUT2D eigenvalue weighted by atomic mass is 10.1. The third-order valence-electron chi connectivity index (χ3n) is 3.67. The van der Waals surface area contributed by atoms with Crippen molar-refractivity contribution in [1.29, 1.82) is 0 Å². The Kier molecular flexibility index (Phi) is 4.69. The molecule has 1 aromatic heterocycles. The minimum absolute atomic E-state index is 0.336. The van der Waals surface area contributed by atoms with E-state index < -0.39 is 11.7 Å². The van der Waals surface area contributed by atoms with Crippen molar-refractivity contribution in [3.05, 3.63) is 69.1 Å². The highest BCUT2D eigenvalue weighted by Gasteiger charge is 2.13. The van der Waals surface area contributed by atoms with E-state index in [-0.39, 0.29) is 0 Å². The summed E-state index contributed by atoms with van der Waals surface area (Å²) in [4.78, 5) is 26.4. The summed E-state index contributed by atoms with van der Waals surface area (Å²) in [5.41, 5.74) is 7.57. The summed E-state index contributed by atoms with van der Waals surface area (Å²) in [6.07, 6.45) is 0.